The first-order valence-corrected chi connectivity index (χ1v) is 10.8. The van der Waals surface area contributed by atoms with Crippen molar-refractivity contribution in [2.24, 2.45) is 0 Å². The molecular weight excluding hydrogens is 381 g/mol. The highest BCUT2D eigenvalue weighted by Gasteiger charge is 2.37. The summed E-state index contributed by atoms with van der Waals surface area (Å²) in [6, 6.07) is 14.1. The fourth-order valence-electron chi connectivity index (χ4n) is 4.83. The number of hydrogen-bond acceptors (Lipinski definition) is 3. The number of carbonyl (C=O) groups is 1. The third kappa shape index (κ3) is 4.43. The van der Waals surface area contributed by atoms with Gasteiger partial charge in [0.15, 0.2) is 0 Å². The summed E-state index contributed by atoms with van der Waals surface area (Å²) in [6.07, 6.45) is 4.06. The molecule has 1 saturated carbocycles. The molecule has 1 aliphatic carbocycles. The van der Waals surface area contributed by atoms with E-state index in [1.54, 1.807) is 12.1 Å². The molecule has 1 aliphatic heterocycles. The molecule has 0 spiro atoms. The number of nitrogens with zero attached hydrogens (tertiary/aromatic N) is 1. The lowest BCUT2D eigenvalue weighted by Gasteiger charge is -2.38. The van der Waals surface area contributed by atoms with E-state index in [4.69, 9.17) is 4.74 Å². The van der Waals surface area contributed by atoms with E-state index in [1.165, 1.54) is 12.1 Å². The number of nitrogens with one attached hydrogen (secondary N) is 2. The molecule has 4 rings (SSSR count). The van der Waals surface area contributed by atoms with Crippen molar-refractivity contribution < 1.29 is 13.9 Å². The standard InChI is InChI=1S/C24H30FN3O2/c1-17-15-28(16-18(2)30-17)22-8-4-3-7-21(22)26-23(29)27-24(13-5-6-14-24)19-9-11-20(25)12-10-19/h3-4,7-12,17-18H,5-6,13-16H2,1-2H3,(H2,26,27,29). The average molecular weight is 412 g/mol. The van der Waals surface area contributed by atoms with E-state index in [0.717, 1.165) is 55.7 Å². The molecule has 0 radical (unpaired) electrons. The molecule has 1 heterocycles. The summed E-state index contributed by atoms with van der Waals surface area (Å²) in [5.74, 6) is -0.265. The molecule has 2 fully saturated rings. The first-order chi connectivity index (χ1) is 14.4. The van der Waals surface area contributed by atoms with Crippen LogP contribution < -0.4 is 15.5 Å². The lowest BCUT2D eigenvalue weighted by atomic mass is 9.88. The van der Waals surface area contributed by atoms with Gasteiger partial charge >= 0.3 is 6.03 Å². The maximum absolute atomic E-state index is 13.4. The van der Waals surface area contributed by atoms with E-state index in [1.807, 2.05) is 24.3 Å². The van der Waals surface area contributed by atoms with E-state index >= 15 is 0 Å². The summed E-state index contributed by atoms with van der Waals surface area (Å²) in [4.78, 5) is 15.3. The van der Waals surface area contributed by atoms with E-state index in [2.05, 4.69) is 29.4 Å². The Bertz CT molecular complexity index is 870. The molecule has 6 heteroatoms. The molecule has 2 aliphatic rings. The highest BCUT2D eigenvalue weighted by Crippen LogP contribution is 2.39. The number of para-hydroxylation sites is 2. The van der Waals surface area contributed by atoms with Gasteiger partial charge in [0.25, 0.3) is 0 Å². The summed E-state index contributed by atoms with van der Waals surface area (Å²) < 4.78 is 19.3. The Morgan fingerprint density at radius 1 is 1.03 bits per heavy atom. The van der Waals surface area contributed by atoms with Crippen LogP contribution in [0.4, 0.5) is 20.6 Å². The van der Waals surface area contributed by atoms with Crippen LogP contribution in [0.2, 0.25) is 0 Å². The van der Waals surface area contributed by atoms with Crippen LogP contribution in [-0.4, -0.2) is 31.3 Å². The van der Waals surface area contributed by atoms with Crippen molar-refractivity contribution in [3.05, 3.63) is 59.9 Å². The molecule has 30 heavy (non-hydrogen) atoms. The molecule has 2 aromatic rings. The molecule has 1 saturated heterocycles. The summed E-state index contributed by atoms with van der Waals surface area (Å²) in [5, 5.41) is 6.27. The van der Waals surface area contributed by atoms with Crippen LogP contribution in [0.5, 0.6) is 0 Å². The number of halogens is 1. The van der Waals surface area contributed by atoms with Gasteiger partial charge in [0, 0.05) is 13.1 Å². The number of anilines is 2. The molecular formula is C24H30FN3O2. The van der Waals surface area contributed by atoms with Gasteiger partial charge in [-0.1, -0.05) is 37.1 Å². The van der Waals surface area contributed by atoms with Gasteiger partial charge < -0.3 is 20.3 Å². The van der Waals surface area contributed by atoms with Gasteiger partial charge in [0.1, 0.15) is 5.82 Å². The number of ether oxygens (including phenoxy) is 1. The molecule has 2 atom stereocenters. The second-order valence-corrected chi connectivity index (χ2v) is 8.55. The zero-order valence-electron chi connectivity index (χ0n) is 17.7. The molecule has 2 unspecified atom stereocenters. The van der Waals surface area contributed by atoms with Crippen LogP contribution in [0.25, 0.3) is 0 Å². The van der Waals surface area contributed by atoms with Crippen LogP contribution in [0.15, 0.2) is 48.5 Å². The number of amides is 2. The maximum Gasteiger partial charge on any atom is 0.319 e. The van der Waals surface area contributed by atoms with Crippen molar-refractivity contribution in [2.45, 2.75) is 57.3 Å². The average Bonchev–Trinajstić information content (AvgIpc) is 3.17. The SMILES string of the molecule is CC1CN(c2ccccc2NC(=O)NC2(c3ccc(F)cc3)CCCC2)CC(C)O1. The molecule has 0 aromatic heterocycles. The van der Waals surface area contributed by atoms with Crippen molar-refractivity contribution in [3.63, 3.8) is 0 Å². The molecule has 5 nitrogen and oxygen atoms in total. The monoisotopic (exact) mass is 411 g/mol. The first kappa shape index (κ1) is 20.7. The second-order valence-electron chi connectivity index (χ2n) is 8.55. The zero-order valence-corrected chi connectivity index (χ0v) is 17.7. The van der Waals surface area contributed by atoms with Gasteiger partial charge in [0.05, 0.1) is 29.1 Å². The highest BCUT2D eigenvalue weighted by atomic mass is 19.1. The van der Waals surface area contributed by atoms with Gasteiger partial charge in [0.2, 0.25) is 0 Å². The molecule has 0 bridgehead atoms. The zero-order chi connectivity index (χ0) is 21.1. The maximum atomic E-state index is 13.4. The Morgan fingerprint density at radius 3 is 2.33 bits per heavy atom. The topological polar surface area (TPSA) is 53.6 Å². The quantitative estimate of drug-likeness (QED) is 0.742. The second kappa shape index (κ2) is 8.64. The van der Waals surface area contributed by atoms with Crippen LogP contribution in [0.3, 0.4) is 0 Å². The van der Waals surface area contributed by atoms with Gasteiger partial charge in [-0.25, -0.2) is 9.18 Å². The minimum absolute atomic E-state index is 0.135. The molecule has 160 valence electrons. The third-order valence-corrected chi connectivity index (χ3v) is 6.12. The number of hydrogen-bond donors (Lipinski definition) is 2. The minimum atomic E-state index is -0.450. The van der Waals surface area contributed by atoms with Crippen LogP contribution in [0.1, 0.15) is 45.1 Å². The van der Waals surface area contributed by atoms with Gasteiger partial charge in [-0.15, -0.1) is 0 Å². The van der Waals surface area contributed by atoms with Crippen molar-refractivity contribution in [1.82, 2.24) is 5.32 Å². The number of carbonyl (C=O) groups excluding carboxylic acids is 1. The Morgan fingerprint density at radius 2 is 1.67 bits per heavy atom. The summed E-state index contributed by atoms with van der Waals surface area (Å²) in [7, 11) is 0. The molecule has 2 aromatic carbocycles. The Balaban J connectivity index is 1.52. The molecule has 2 amide bonds. The van der Waals surface area contributed by atoms with Gasteiger partial charge in [-0.3, -0.25) is 0 Å². The van der Waals surface area contributed by atoms with Gasteiger partial charge in [-0.2, -0.15) is 0 Å². The van der Waals surface area contributed by atoms with Gasteiger partial charge in [-0.05, 0) is 56.5 Å². The van der Waals surface area contributed by atoms with Crippen molar-refractivity contribution in [1.29, 1.82) is 0 Å². The number of morpholine rings is 1. The summed E-state index contributed by atoms with van der Waals surface area (Å²) >= 11 is 0. The Kier molecular flexibility index (Phi) is 5.95. The lowest BCUT2D eigenvalue weighted by molar-refractivity contribution is -0.00517. The van der Waals surface area contributed by atoms with Crippen molar-refractivity contribution >= 4 is 17.4 Å². The van der Waals surface area contributed by atoms with E-state index in [0.29, 0.717) is 0 Å². The number of urea groups is 1. The lowest BCUT2D eigenvalue weighted by Crippen LogP contribution is -2.47. The van der Waals surface area contributed by atoms with E-state index in [9.17, 15) is 9.18 Å². The van der Waals surface area contributed by atoms with Crippen LogP contribution >= 0.6 is 0 Å². The summed E-state index contributed by atoms with van der Waals surface area (Å²) in [6.45, 7) is 5.70. The van der Waals surface area contributed by atoms with Crippen LogP contribution in [-0.2, 0) is 10.3 Å². The number of rotatable bonds is 4. The fourth-order valence-corrected chi connectivity index (χ4v) is 4.83. The Hall–Kier alpha value is -2.60. The third-order valence-electron chi connectivity index (χ3n) is 6.12. The predicted molar refractivity (Wildman–Crippen MR) is 117 cm³/mol. The molecule has 2 N–H and O–H groups in total. The minimum Gasteiger partial charge on any atom is -0.372 e. The normalized spacial score (nSPS) is 23.2. The number of benzene rings is 2. The fraction of sp³-hybridized carbons (Fsp3) is 0.458. The van der Waals surface area contributed by atoms with Crippen molar-refractivity contribution in [3.8, 4) is 0 Å². The summed E-state index contributed by atoms with van der Waals surface area (Å²) in [5.41, 5.74) is 2.29. The highest BCUT2D eigenvalue weighted by molar-refractivity contribution is 5.93. The van der Waals surface area contributed by atoms with E-state index < -0.39 is 5.54 Å². The largest absolute Gasteiger partial charge is 0.372 e. The van der Waals surface area contributed by atoms with Crippen LogP contribution in [0, 0.1) is 5.82 Å². The van der Waals surface area contributed by atoms with E-state index in [-0.39, 0.29) is 24.1 Å². The predicted octanol–water partition coefficient (Wildman–Crippen LogP) is 5.03. The first-order valence-electron chi connectivity index (χ1n) is 10.8. The Labute approximate surface area is 177 Å². The smallest absolute Gasteiger partial charge is 0.319 e. The van der Waals surface area contributed by atoms with Crippen molar-refractivity contribution in [2.75, 3.05) is 23.3 Å².